The van der Waals surface area contributed by atoms with E-state index >= 15 is 0 Å². The molecule has 0 aromatic heterocycles. The van der Waals surface area contributed by atoms with Crippen molar-refractivity contribution in [3.8, 4) is 6.07 Å². The number of ether oxygens (including phenoxy) is 1. The summed E-state index contributed by atoms with van der Waals surface area (Å²) in [6, 6.07) is 5.59. The fraction of sp³-hybridized carbons (Fsp3) is 0.385. The molecule has 1 atom stereocenters. The van der Waals surface area contributed by atoms with Crippen molar-refractivity contribution in [3.05, 3.63) is 35.1 Å². The lowest BCUT2D eigenvalue weighted by Gasteiger charge is -2.31. The maximum absolute atomic E-state index is 13.3. The molecule has 1 aliphatic rings. The molecule has 4 nitrogen and oxygen atoms in total. The van der Waals surface area contributed by atoms with Crippen LogP contribution in [0.3, 0.4) is 0 Å². The number of halogens is 1. The Balaban J connectivity index is 2.27. The lowest BCUT2D eigenvalue weighted by atomic mass is 10.1. The SMILES string of the molecule is Cc1cc(F)cc(C(=O)N2CCOC[C@@H]2C#N)c1. The van der Waals surface area contributed by atoms with Crippen LogP contribution in [0, 0.1) is 24.1 Å². The molecule has 1 aromatic rings. The van der Waals surface area contributed by atoms with Crippen LogP contribution in [0.2, 0.25) is 0 Å². The Labute approximate surface area is 105 Å². The Morgan fingerprint density at radius 1 is 1.56 bits per heavy atom. The summed E-state index contributed by atoms with van der Waals surface area (Å²) in [7, 11) is 0. The van der Waals surface area contributed by atoms with E-state index in [4.69, 9.17) is 10.00 Å². The molecule has 1 amide bonds. The van der Waals surface area contributed by atoms with E-state index in [0.717, 1.165) is 0 Å². The largest absolute Gasteiger partial charge is 0.376 e. The van der Waals surface area contributed by atoms with Crippen molar-refractivity contribution in [2.45, 2.75) is 13.0 Å². The Kier molecular flexibility index (Phi) is 3.58. The van der Waals surface area contributed by atoms with Crippen molar-refractivity contribution in [2.75, 3.05) is 19.8 Å². The molecule has 94 valence electrons. The number of carbonyl (C=O) groups is 1. The van der Waals surface area contributed by atoms with Crippen LogP contribution in [0.1, 0.15) is 15.9 Å². The summed E-state index contributed by atoms with van der Waals surface area (Å²) in [5.74, 6) is -0.771. The summed E-state index contributed by atoms with van der Waals surface area (Å²) < 4.78 is 18.4. The van der Waals surface area contributed by atoms with Gasteiger partial charge >= 0.3 is 0 Å². The van der Waals surface area contributed by atoms with Gasteiger partial charge in [-0.1, -0.05) is 0 Å². The van der Waals surface area contributed by atoms with Gasteiger partial charge in [0.1, 0.15) is 11.9 Å². The van der Waals surface area contributed by atoms with Gasteiger partial charge in [-0.15, -0.1) is 0 Å². The number of carbonyl (C=O) groups excluding carboxylic acids is 1. The molecule has 0 N–H and O–H groups in total. The topological polar surface area (TPSA) is 53.3 Å². The van der Waals surface area contributed by atoms with Gasteiger partial charge in [-0.05, 0) is 30.7 Å². The highest BCUT2D eigenvalue weighted by atomic mass is 19.1. The minimum atomic E-state index is -0.602. The third-order valence-corrected chi connectivity index (χ3v) is 2.83. The quantitative estimate of drug-likeness (QED) is 0.756. The van der Waals surface area contributed by atoms with Crippen LogP contribution >= 0.6 is 0 Å². The number of rotatable bonds is 1. The first-order valence-corrected chi connectivity index (χ1v) is 5.67. The molecule has 1 aromatic carbocycles. The maximum atomic E-state index is 13.3. The fourth-order valence-electron chi connectivity index (χ4n) is 1.98. The minimum Gasteiger partial charge on any atom is -0.376 e. The highest BCUT2D eigenvalue weighted by Crippen LogP contribution is 2.15. The number of hydrogen-bond acceptors (Lipinski definition) is 3. The van der Waals surface area contributed by atoms with Gasteiger partial charge in [-0.3, -0.25) is 4.79 Å². The lowest BCUT2D eigenvalue weighted by molar-refractivity contribution is 0.0132. The van der Waals surface area contributed by atoms with E-state index in [9.17, 15) is 9.18 Å². The molecule has 5 heteroatoms. The van der Waals surface area contributed by atoms with Gasteiger partial charge in [0.25, 0.3) is 5.91 Å². The highest BCUT2D eigenvalue weighted by molar-refractivity contribution is 5.94. The van der Waals surface area contributed by atoms with Crippen LogP contribution < -0.4 is 0 Å². The van der Waals surface area contributed by atoms with E-state index in [1.807, 2.05) is 6.07 Å². The molecule has 2 rings (SSSR count). The standard InChI is InChI=1S/C13H13FN2O2/c1-9-4-10(6-11(14)5-9)13(17)16-2-3-18-8-12(16)7-15/h4-6,12H,2-3,8H2,1H3/t12-/m0/s1. The molecule has 0 saturated carbocycles. The zero-order valence-electron chi connectivity index (χ0n) is 10.0. The number of benzene rings is 1. The van der Waals surface area contributed by atoms with Crippen molar-refractivity contribution in [1.29, 1.82) is 5.26 Å². The van der Waals surface area contributed by atoms with Crippen molar-refractivity contribution >= 4 is 5.91 Å². The minimum absolute atomic E-state index is 0.205. The van der Waals surface area contributed by atoms with Gasteiger partial charge in [0.05, 0.1) is 19.3 Å². The predicted octanol–water partition coefficient (Wildman–Crippen LogP) is 1.50. The summed E-state index contributed by atoms with van der Waals surface area (Å²) in [6.07, 6.45) is 0. The first-order chi connectivity index (χ1) is 8.61. The number of morpholine rings is 1. The molecule has 1 fully saturated rings. The monoisotopic (exact) mass is 248 g/mol. The van der Waals surface area contributed by atoms with Gasteiger partial charge in [-0.2, -0.15) is 5.26 Å². The van der Waals surface area contributed by atoms with Gasteiger partial charge in [-0.25, -0.2) is 4.39 Å². The van der Waals surface area contributed by atoms with Crippen LogP contribution in [-0.2, 0) is 4.74 Å². The molecular formula is C13H13FN2O2. The summed E-state index contributed by atoms with van der Waals surface area (Å²) in [4.78, 5) is 13.7. The van der Waals surface area contributed by atoms with Crippen molar-refractivity contribution in [2.24, 2.45) is 0 Å². The summed E-state index contributed by atoms with van der Waals surface area (Å²) in [6.45, 7) is 2.68. The van der Waals surface area contributed by atoms with Crippen molar-refractivity contribution < 1.29 is 13.9 Å². The lowest BCUT2D eigenvalue weighted by Crippen LogP contribution is -2.48. The molecular weight excluding hydrogens is 235 g/mol. The van der Waals surface area contributed by atoms with Gasteiger partial charge in [0.2, 0.25) is 0 Å². The summed E-state index contributed by atoms with van der Waals surface area (Å²) >= 11 is 0. The van der Waals surface area contributed by atoms with Crippen LogP contribution in [0.25, 0.3) is 0 Å². The highest BCUT2D eigenvalue weighted by Gasteiger charge is 2.28. The number of amides is 1. The van der Waals surface area contributed by atoms with Gasteiger partial charge < -0.3 is 9.64 Å². The Bertz CT molecular complexity index is 490. The van der Waals surface area contributed by atoms with E-state index < -0.39 is 11.9 Å². The first-order valence-electron chi connectivity index (χ1n) is 5.67. The molecule has 1 heterocycles. The molecule has 0 spiro atoms. The van der Waals surface area contributed by atoms with Crippen LogP contribution in [0.4, 0.5) is 4.39 Å². The normalized spacial score (nSPS) is 19.4. The molecule has 0 radical (unpaired) electrons. The Hall–Kier alpha value is -1.93. The molecule has 0 aliphatic carbocycles. The van der Waals surface area contributed by atoms with Crippen LogP contribution in [-0.4, -0.2) is 36.6 Å². The maximum Gasteiger partial charge on any atom is 0.255 e. The number of nitriles is 1. The molecule has 0 bridgehead atoms. The second-order valence-electron chi connectivity index (χ2n) is 4.24. The number of aryl methyl sites for hydroxylation is 1. The van der Waals surface area contributed by atoms with E-state index in [1.54, 1.807) is 13.0 Å². The zero-order chi connectivity index (χ0) is 13.1. The van der Waals surface area contributed by atoms with Crippen LogP contribution in [0.15, 0.2) is 18.2 Å². The number of hydrogen-bond donors (Lipinski definition) is 0. The molecule has 1 aliphatic heterocycles. The summed E-state index contributed by atoms with van der Waals surface area (Å²) in [5.41, 5.74) is 0.953. The van der Waals surface area contributed by atoms with E-state index in [2.05, 4.69) is 0 Å². The smallest absolute Gasteiger partial charge is 0.255 e. The Morgan fingerprint density at radius 3 is 3.00 bits per heavy atom. The Morgan fingerprint density at radius 2 is 2.33 bits per heavy atom. The molecule has 1 saturated heterocycles. The van der Waals surface area contributed by atoms with Crippen molar-refractivity contribution in [3.63, 3.8) is 0 Å². The molecule has 18 heavy (non-hydrogen) atoms. The van der Waals surface area contributed by atoms with Gasteiger partial charge in [0.15, 0.2) is 0 Å². The average molecular weight is 248 g/mol. The van der Waals surface area contributed by atoms with Crippen molar-refractivity contribution in [1.82, 2.24) is 4.90 Å². The first kappa shape index (κ1) is 12.5. The second kappa shape index (κ2) is 5.15. The fourth-order valence-corrected chi connectivity index (χ4v) is 1.98. The third kappa shape index (κ3) is 2.49. The number of nitrogens with zero attached hydrogens (tertiary/aromatic N) is 2. The average Bonchev–Trinajstić information content (AvgIpc) is 2.36. The van der Waals surface area contributed by atoms with E-state index in [1.165, 1.54) is 17.0 Å². The zero-order valence-corrected chi connectivity index (χ0v) is 10.0. The van der Waals surface area contributed by atoms with E-state index in [0.29, 0.717) is 18.7 Å². The predicted molar refractivity (Wildman–Crippen MR) is 62.4 cm³/mol. The van der Waals surface area contributed by atoms with E-state index in [-0.39, 0.29) is 18.1 Å². The third-order valence-electron chi connectivity index (χ3n) is 2.83. The summed E-state index contributed by atoms with van der Waals surface area (Å²) in [5, 5.41) is 8.97. The van der Waals surface area contributed by atoms with Gasteiger partial charge in [0, 0.05) is 12.1 Å². The molecule has 0 unspecified atom stereocenters. The second-order valence-corrected chi connectivity index (χ2v) is 4.24. The van der Waals surface area contributed by atoms with Crippen LogP contribution in [0.5, 0.6) is 0 Å².